The van der Waals surface area contributed by atoms with E-state index in [4.69, 9.17) is 9.47 Å². The highest BCUT2D eigenvalue weighted by molar-refractivity contribution is 9.10. The highest BCUT2D eigenvalue weighted by Gasteiger charge is 2.11. The zero-order valence-corrected chi connectivity index (χ0v) is 18.2. The van der Waals surface area contributed by atoms with Crippen LogP contribution in [0.1, 0.15) is 27.8 Å². The first-order valence-electron chi connectivity index (χ1n) is 9.36. The molecule has 3 rings (SSSR count). The maximum atomic E-state index is 6.00. The molecule has 0 atom stereocenters. The molecule has 0 aromatic heterocycles. The molecule has 0 amide bonds. The molecule has 0 fully saturated rings. The Morgan fingerprint density at radius 3 is 2.00 bits per heavy atom. The van der Waals surface area contributed by atoms with Crippen molar-refractivity contribution in [2.45, 2.75) is 33.5 Å². The third-order valence-electron chi connectivity index (χ3n) is 4.61. The molecule has 0 aliphatic heterocycles. The summed E-state index contributed by atoms with van der Waals surface area (Å²) in [5, 5.41) is 3.49. The molecule has 3 aromatic carbocycles. The quantitative estimate of drug-likeness (QED) is 0.470. The minimum atomic E-state index is 0.508. The predicted octanol–water partition coefficient (Wildman–Crippen LogP) is 5.94. The molecule has 0 saturated carbocycles. The largest absolute Gasteiger partial charge is 0.493 e. The van der Waals surface area contributed by atoms with Crippen LogP contribution < -0.4 is 14.8 Å². The van der Waals surface area contributed by atoms with Crippen LogP contribution in [0, 0.1) is 13.8 Å². The number of hydrogen-bond acceptors (Lipinski definition) is 3. The van der Waals surface area contributed by atoms with Gasteiger partial charge in [0.2, 0.25) is 0 Å². The molecule has 4 heteroatoms. The van der Waals surface area contributed by atoms with Crippen molar-refractivity contribution in [2.24, 2.45) is 0 Å². The van der Waals surface area contributed by atoms with E-state index in [9.17, 15) is 0 Å². The van der Waals surface area contributed by atoms with Gasteiger partial charge < -0.3 is 14.8 Å². The van der Waals surface area contributed by atoms with Gasteiger partial charge in [-0.3, -0.25) is 0 Å². The van der Waals surface area contributed by atoms with Crippen LogP contribution in [-0.4, -0.2) is 7.11 Å². The van der Waals surface area contributed by atoms with Crippen LogP contribution in [0.2, 0.25) is 0 Å². The molecule has 0 radical (unpaired) electrons. The van der Waals surface area contributed by atoms with E-state index in [0.717, 1.165) is 40.2 Å². The molecule has 0 heterocycles. The van der Waals surface area contributed by atoms with Crippen molar-refractivity contribution < 1.29 is 9.47 Å². The van der Waals surface area contributed by atoms with Gasteiger partial charge in [-0.05, 0) is 42.7 Å². The van der Waals surface area contributed by atoms with Crippen molar-refractivity contribution in [3.63, 3.8) is 0 Å². The van der Waals surface area contributed by atoms with E-state index in [0.29, 0.717) is 6.61 Å². The molecule has 3 aromatic rings. The van der Waals surface area contributed by atoms with Crippen LogP contribution in [0.25, 0.3) is 0 Å². The summed E-state index contributed by atoms with van der Waals surface area (Å²) in [7, 11) is 1.67. The van der Waals surface area contributed by atoms with E-state index >= 15 is 0 Å². The monoisotopic (exact) mass is 439 g/mol. The molecule has 0 aliphatic carbocycles. The van der Waals surface area contributed by atoms with Gasteiger partial charge in [0.15, 0.2) is 11.5 Å². The Morgan fingerprint density at radius 2 is 1.39 bits per heavy atom. The van der Waals surface area contributed by atoms with Crippen LogP contribution in [0.4, 0.5) is 0 Å². The van der Waals surface area contributed by atoms with Crippen molar-refractivity contribution in [3.05, 3.63) is 93.0 Å². The topological polar surface area (TPSA) is 30.5 Å². The van der Waals surface area contributed by atoms with Crippen molar-refractivity contribution in [1.29, 1.82) is 0 Å². The first kappa shape index (κ1) is 20.4. The number of aryl methyl sites for hydroxylation is 2. The van der Waals surface area contributed by atoms with Gasteiger partial charge in [0.25, 0.3) is 0 Å². The van der Waals surface area contributed by atoms with Gasteiger partial charge in [-0.1, -0.05) is 75.6 Å². The minimum absolute atomic E-state index is 0.508. The maximum absolute atomic E-state index is 6.00. The average molecular weight is 440 g/mol. The summed E-state index contributed by atoms with van der Waals surface area (Å²) in [5.41, 5.74) is 6.05. The zero-order valence-electron chi connectivity index (χ0n) is 16.6. The van der Waals surface area contributed by atoms with Gasteiger partial charge in [-0.25, -0.2) is 0 Å². The fraction of sp³-hybridized carbons (Fsp3) is 0.250. The lowest BCUT2D eigenvalue weighted by molar-refractivity contribution is 0.284. The molecular formula is C24H26BrNO2. The lowest BCUT2D eigenvalue weighted by Gasteiger charge is -2.15. The standard InChI is InChI=1S/C24H26BrNO2/c1-17-4-8-19(9-5-17)14-26-15-21-12-23(27-3)24(13-22(21)25)28-16-20-10-6-18(2)7-11-20/h4-13,26H,14-16H2,1-3H3. The first-order valence-corrected chi connectivity index (χ1v) is 10.2. The maximum Gasteiger partial charge on any atom is 0.162 e. The molecule has 0 bridgehead atoms. The second kappa shape index (κ2) is 9.76. The number of rotatable bonds is 8. The fourth-order valence-electron chi connectivity index (χ4n) is 2.88. The van der Waals surface area contributed by atoms with Crippen LogP contribution in [0.15, 0.2) is 65.1 Å². The first-order chi connectivity index (χ1) is 13.5. The highest BCUT2D eigenvalue weighted by Crippen LogP contribution is 2.34. The Hall–Kier alpha value is -2.30. The summed E-state index contributed by atoms with van der Waals surface area (Å²) in [6, 6.07) is 20.9. The van der Waals surface area contributed by atoms with Crippen molar-refractivity contribution in [2.75, 3.05) is 7.11 Å². The van der Waals surface area contributed by atoms with Gasteiger partial charge in [-0.15, -0.1) is 0 Å². The Bertz CT molecular complexity index is 905. The molecule has 28 heavy (non-hydrogen) atoms. The van der Waals surface area contributed by atoms with Crippen LogP contribution in [-0.2, 0) is 19.7 Å². The van der Waals surface area contributed by atoms with Gasteiger partial charge in [0.05, 0.1) is 7.11 Å². The molecule has 0 aliphatic rings. The van der Waals surface area contributed by atoms with Crippen LogP contribution >= 0.6 is 15.9 Å². The zero-order chi connectivity index (χ0) is 19.9. The smallest absolute Gasteiger partial charge is 0.162 e. The van der Waals surface area contributed by atoms with Crippen molar-refractivity contribution >= 4 is 15.9 Å². The average Bonchev–Trinajstić information content (AvgIpc) is 2.70. The predicted molar refractivity (Wildman–Crippen MR) is 118 cm³/mol. The Morgan fingerprint density at radius 1 is 0.786 bits per heavy atom. The Balaban J connectivity index is 1.63. The third-order valence-corrected chi connectivity index (χ3v) is 5.35. The van der Waals surface area contributed by atoms with E-state index < -0.39 is 0 Å². The van der Waals surface area contributed by atoms with E-state index in [2.05, 4.69) is 83.6 Å². The van der Waals surface area contributed by atoms with Gasteiger partial charge >= 0.3 is 0 Å². The third kappa shape index (κ3) is 5.60. The molecule has 0 saturated heterocycles. The lowest BCUT2D eigenvalue weighted by Crippen LogP contribution is -2.13. The van der Waals surface area contributed by atoms with Crippen LogP contribution in [0.3, 0.4) is 0 Å². The summed E-state index contributed by atoms with van der Waals surface area (Å²) in [5.74, 6) is 1.47. The number of ether oxygens (including phenoxy) is 2. The molecule has 146 valence electrons. The van der Waals surface area contributed by atoms with E-state index in [1.165, 1.54) is 16.7 Å². The summed E-state index contributed by atoms with van der Waals surface area (Å²) in [4.78, 5) is 0. The summed E-state index contributed by atoms with van der Waals surface area (Å²) in [6.07, 6.45) is 0. The molecule has 3 nitrogen and oxygen atoms in total. The second-order valence-electron chi connectivity index (χ2n) is 6.96. The van der Waals surface area contributed by atoms with E-state index in [1.54, 1.807) is 7.11 Å². The molecule has 1 N–H and O–H groups in total. The number of hydrogen-bond donors (Lipinski definition) is 1. The summed E-state index contributed by atoms with van der Waals surface area (Å²) in [6.45, 7) is 6.25. The lowest BCUT2D eigenvalue weighted by atomic mass is 10.1. The number of nitrogens with one attached hydrogen (secondary N) is 1. The second-order valence-corrected chi connectivity index (χ2v) is 7.81. The number of halogens is 1. The minimum Gasteiger partial charge on any atom is -0.493 e. The summed E-state index contributed by atoms with van der Waals surface area (Å²) < 4.78 is 12.6. The van der Waals surface area contributed by atoms with Crippen LogP contribution in [0.5, 0.6) is 11.5 Å². The Labute approximate surface area is 175 Å². The van der Waals surface area contributed by atoms with E-state index in [-0.39, 0.29) is 0 Å². The Kier molecular flexibility index (Phi) is 7.12. The number of benzene rings is 3. The fourth-order valence-corrected chi connectivity index (χ4v) is 3.34. The molecule has 0 unspecified atom stereocenters. The van der Waals surface area contributed by atoms with Crippen molar-refractivity contribution in [3.8, 4) is 11.5 Å². The van der Waals surface area contributed by atoms with Gasteiger partial charge in [0.1, 0.15) is 6.61 Å². The van der Waals surface area contributed by atoms with Gasteiger partial charge in [0, 0.05) is 17.6 Å². The van der Waals surface area contributed by atoms with Crippen molar-refractivity contribution in [1.82, 2.24) is 5.32 Å². The highest BCUT2D eigenvalue weighted by atomic mass is 79.9. The SMILES string of the molecule is COc1cc(CNCc2ccc(C)cc2)c(Br)cc1OCc1ccc(C)cc1. The number of methoxy groups -OCH3 is 1. The summed E-state index contributed by atoms with van der Waals surface area (Å²) >= 11 is 3.67. The van der Waals surface area contributed by atoms with Gasteiger partial charge in [-0.2, -0.15) is 0 Å². The molecule has 0 spiro atoms. The normalized spacial score (nSPS) is 10.7. The van der Waals surface area contributed by atoms with E-state index in [1.807, 2.05) is 12.1 Å². The molecular weight excluding hydrogens is 414 g/mol.